The molecular weight excluding hydrogens is 232 g/mol. The van der Waals surface area contributed by atoms with Crippen LogP contribution in [-0.2, 0) is 0 Å². The van der Waals surface area contributed by atoms with Crippen molar-refractivity contribution in [1.82, 2.24) is 10.2 Å². The van der Waals surface area contributed by atoms with Crippen LogP contribution in [-0.4, -0.2) is 36.6 Å². The molecule has 0 aromatic rings. The van der Waals surface area contributed by atoms with E-state index in [1.165, 1.54) is 38.6 Å². The summed E-state index contributed by atoms with van der Waals surface area (Å²) in [7, 11) is 0. The molecule has 1 aliphatic rings. The Bertz CT molecular complexity index is 227. The van der Waals surface area contributed by atoms with Gasteiger partial charge >= 0.3 is 0 Å². The molecule has 2 nitrogen and oxygen atoms in total. The molecule has 3 unspecified atom stereocenters. The summed E-state index contributed by atoms with van der Waals surface area (Å²) >= 11 is 0. The van der Waals surface area contributed by atoms with Gasteiger partial charge in [0, 0.05) is 12.1 Å². The van der Waals surface area contributed by atoms with Gasteiger partial charge in [0.2, 0.25) is 0 Å². The average molecular weight is 268 g/mol. The predicted molar refractivity (Wildman–Crippen MR) is 85.6 cm³/mol. The average Bonchev–Trinajstić information content (AvgIpc) is 2.62. The van der Waals surface area contributed by atoms with Gasteiger partial charge in [-0.15, -0.1) is 0 Å². The van der Waals surface area contributed by atoms with E-state index in [4.69, 9.17) is 0 Å². The van der Waals surface area contributed by atoms with Crippen molar-refractivity contribution in [2.24, 2.45) is 11.8 Å². The highest BCUT2D eigenvalue weighted by Gasteiger charge is 2.26. The van der Waals surface area contributed by atoms with Crippen LogP contribution >= 0.6 is 0 Å². The van der Waals surface area contributed by atoms with Crippen LogP contribution in [0.5, 0.6) is 0 Å². The molecule has 1 aliphatic heterocycles. The Morgan fingerprint density at radius 1 is 1.05 bits per heavy atom. The van der Waals surface area contributed by atoms with Crippen LogP contribution in [0.1, 0.15) is 66.7 Å². The summed E-state index contributed by atoms with van der Waals surface area (Å²) < 4.78 is 0. The molecule has 0 aliphatic carbocycles. The lowest BCUT2D eigenvalue weighted by Crippen LogP contribution is -2.46. The fourth-order valence-corrected chi connectivity index (χ4v) is 3.27. The smallest absolute Gasteiger partial charge is 0.0108 e. The minimum absolute atomic E-state index is 0.711. The molecule has 1 fully saturated rings. The highest BCUT2D eigenvalue weighted by atomic mass is 15.2. The molecule has 0 aromatic carbocycles. The monoisotopic (exact) mass is 268 g/mol. The molecule has 2 heteroatoms. The predicted octanol–water partition coefficient (Wildman–Crippen LogP) is 3.91. The summed E-state index contributed by atoms with van der Waals surface area (Å²) in [4.78, 5) is 2.80. The number of rotatable bonds is 7. The molecule has 3 atom stereocenters. The van der Waals surface area contributed by atoms with Crippen LogP contribution in [0.4, 0.5) is 0 Å². The summed E-state index contributed by atoms with van der Waals surface area (Å²) in [6.07, 6.45) is 6.98. The Labute approximate surface area is 121 Å². The Morgan fingerprint density at radius 2 is 1.79 bits per heavy atom. The van der Waals surface area contributed by atoms with E-state index >= 15 is 0 Å². The van der Waals surface area contributed by atoms with Crippen LogP contribution < -0.4 is 5.32 Å². The van der Waals surface area contributed by atoms with Gasteiger partial charge in [0.15, 0.2) is 0 Å². The van der Waals surface area contributed by atoms with Crippen molar-refractivity contribution in [2.45, 2.75) is 78.8 Å². The molecule has 1 heterocycles. The maximum atomic E-state index is 3.63. The van der Waals surface area contributed by atoms with E-state index in [0.717, 1.165) is 31.0 Å². The van der Waals surface area contributed by atoms with Gasteiger partial charge in [0.05, 0.1) is 0 Å². The molecule has 0 saturated carbocycles. The third-order valence-electron chi connectivity index (χ3n) is 4.76. The van der Waals surface area contributed by atoms with Crippen molar-refractivity contribution in [3.05, 3.63) is 0 Å². The number of nitrogens with one attached hydrogen (secondary N) is 1. The minimum Gasteiger partial charge on any atom is -0.316 e. The lowest BCUT2D eigenvalue weighted by Gasteiger charge is -2.38. The van der Waals surface area contributed by atoms with E-state index in [1.807, 2.05) is 0 Å². The second kappa shape index (κ2) is 8.97. The topological polar surface area (TPSA) is 15.3 Å². The quantitative estimate of drug-likeness (QED) is 0.753. The lowest BCUT2D eigenvalue weighted by atomic mass is 9.98. The van der Waals surface area contributed by atoms with Gasteiger partial charge in [-0.25, -0.2) is 0 Å². The number of likely N-dealkylation sites (tertiary alicyclic amines) is 1. The van der Waals surface area contributed by atoms with Crippen molar-refractivity contribution >= 4 is 0 Å². The summed E-state index contributed by atoms with van der Waals surface area (Å²) in [6, 6.07) is 1.53. The Kier molecular flexibility index (Phi) is 8.01. The molecule has 0 amide bonds. The van der Waals surface area contributed by atoms with E-state index in [1.54, 1.807) is 0 Å². The van der Waals surface area contributed by atoms with E-state index in [-0.39, 0.29) is 0 Å². The third kappa shape index (κ3) is 5.83. The van der Waals surface area contributed by atoms with Crippen LogP contribution in [0.25, 0.3) is 0 Å². The van der Waals surface area contributed by atoms with Crippen molar-refractivity contribution in [2.75, 3.05) is 19.6 Å². The highest BCUT2D eigenvalue weighted by molar-refractivity contribution is 4.82. The number of hydrogen-bond acceptors (Lipinski definition) is 2. The van der Waals surface area contributed by atoms with E-state index in [0.29, 0.717) is 6.04 Å². The van der Waals surface area contributed by atoms with Gasteiger partial charge in [-0.1, -0.05) is 40.5 Å². The Balaban J connectivity index is 2.45. The first kappa shape index (κ1) is 17.0. The maximum absolute atomic E-state index is 3.63. The summed E-state index contributed by atoms with van der Waals surface area (Å²) in [6.45, 7) is 15.4. The van der Waals surface area contributed by atoms with Gasteiger partial charge in [0.25, 0.3) is 0 Å². The largest absolute Gasteiger partial charge is 0.316 e. The molecule has 1 saturated heterocycles. The van der Waals surface area contributed by atoms with Crippen LogP contribution in [0.2, 0.25) is 0 Å². The maximum Gasteiger partial charge on any atom is 0.0108 e. The molecule has 1 N–H and O–H groups in total. The fourth-order valence-electron chi connectivity index (χ4n) is 3.27. The first-order valence-electron chi connectivity index (χ1n) is 8.52. The Hall–Kier alpha value is -0.0800. The van der Waals surface area contributed by atoms with Gasteiger partial charge in [0.1, 0.15) is 0 Å². The zero-order valence-corrected chi connectivity index (χ0v) is 13.9. The number of nitrogens with zero attached hydrogens (tertiary/aromatic N) is 1. The molecule has 0 radical (unpaired) electrons. The first-order chi connectivity index (χ1) is 9.06. The van der Waals surface area contributed by atoms with E-state index < -0.39 is 0 Å². The minimum atomic E-state index is 0.711. The van der Waals surface area contributed by atoms with Gasteiger partial charge in [-0.05, 0) is 57.7 Å². The fraction of sp³-hybridized carbons (Fsp3) is 1.00. The van der Waals surface area contributed by atoms with Gasteiger partial charge < -0.3 is 5.32 Å². The van der Waals surface area contributed by atoms with Crippen molar-refractivity contribution in [3.63, 3.8) is 0 Å². The second-order valence-electron chi connectivity index (χ2n) is 6.92. The lowest BCUT2D eigenvalue weighted by molar-refractivity contribution is 0.106. The summed E-state index contributed by atoms with van der Waals surface area (Å²) in [5.41, 5.74) is 0. The van der Waals surface area contributed by atoms with E-state index in [2.05, 4.69) is 44.8 Å². The summed E-state index contributed by atoms with van der Waals surface area (Å²) in [5, 5.41) is 3.63. The molecule has 0 aromatic heterocycles. The molecular formula is C17H36N2. The zero-order chi connectivity index (χ0) is 14.3. The van der Waals surface area contributed by atoms with Gasteiger partial charge in [-0.2, -0.15) is 0 Å². The zero-order valence-electron chi connectivity index (χ0n) is 13.9. The molecule has 0 spiro atoms. The standard InChI is InChI=1S/C17H36N2/c1-6-17-10-8-7-9-11-19(17)16(5)15(4)13-18-12-14(2)3/h14-18H,6-13H2,1-5H3. The first-order valence-corrected chi connectivity index (χ1v) is 8.52. The van der Waals surface area contributed by atoms with Gasteiger partial charge in [-0.3, -0.25) is 4.90 Å². The second-order valence-corrected chi connectivity index (χ2v) is 6.92. The number of hydrogen-bond donors (Lipinski definition) is 1. The van der Waals surface area contributed by atoms with Crippen LogP contribution in [0, 0.1) is 11.8 Å². The van der Waals surface area contributed by atoms with Crippen molar-refractivity contribution in [1.29, 1.82) is 0 Å². The van der Waals surface area contributed by atoms with Crippen LogP contribution in [0.15, 0.2) is 0 Å². The van der Waals surface area contributed by atoms with Crippen molar-refractivity contribution in [3.8, 4) is 0 Å². The molecule has 1 rings (SSSR count). The van der Waals surface area contributed by atoms with E-state index in [9.17, 15) is 0 Å². The summed E-state index contributed by atoms with van der Waals surface area (Å²) in [5.74, 6) is 1.50. The SMILES string of the molecule is CCC1CCCCCN1C(C)C(C)CNCC(C)C. The molecule has 114 valence electrons. The normalized spacial score (nSPS) is 25.3. The van der Waals surface area contributed by atoms with Crippen LogP contribution in [0.3, 0.4) is 0 Å². The molecule has 19 heavy (non-hydrogen) atoms. The highest BCUT2D eigenvalue weighted by Crippen LogP contribution is 2.24. The molecule has 0 bridgehead atoms. The van der Waals surface area contributed by atoms with Crippen molar-refractivity contribution < 1.29 is 0 Å². The third-order valence-corrected chi connectivity index (χ3v) is 4.76. The Morgan fingerprint density at radius 3 is 2.42 bits per heavy atom.